The van der Waals surface area contributed by atoms with Crippen LogP contribution in [0.5, 0.6) is 0 Å². The van der Waals surface area contributed by atoms with Gasteiger partial charge in [0.25, 0.3) is 0 Å². The highest BCUT2D eigenvalue weighted by molar-refractivity contribution is 14.1. The van der Waals surface area contributed by atoms with Crippen molar-refractivity contribution in [3.05, 3.63) is 10.2 Å². The lowest BCUT2D eigenvalue weighted by Gasteiger charge is -2.36. The van der Waals surface area contributed by atoms with Crippen molar-refractivity contribution >= 4 is 30.9 Å². The summed E-state index contributed by atoms with van der Waals surface area (Å²) in [5.41, 5.74) is 0.0554. The van der Waals surface area contributed by atoms with E-state index in [0.29, 0.717) is 0 Å². The molecular formula is C14H29IOSi. The first-order valence-electron chi connectivity index (χ1n) is 6.78. The zero-order valence-electron chi connectivity index (χ0n) is 12.2. The minimum absolute atomic E-state index is 0.0554. The van der Waals surface area contributed by atoms with E-state index in [4.69, 9.17) is 4.43 Å². The molecule has 1 unspecified atom stereocenters. The third-order valence-corrected chi connectivity index (χ3v) is 4.36. The summed E-state index contributed by atoms with van der Waals surface area (Å²) in [5.74, 6) is 0. The van der Waals surface area contributed by atoms with Crippen molar-refractivity contribution in [1.29, 1.82) is 0 Å². The highest BCUT2D eigenvalue weighted by Crippen LogP contribution is 2.28. The summed E-state index contributed by atoms with van der Waals surface area (Å²) in [4.78, 5) is 0. The van der Waals surface area contributed by atoms with Crippen molar-refractivity contribution < 1.29 is 4.43 Å². The van der Waals surface area contributed by atoms with Crippen LogP contribution in [0.1, 0.15) is 52.4 Å². The predicted molar refractivity (Wildman–Crippen MR) is 89.4 cm³/mol. The maximum absolute atomic E-state index is 6.39. The van der Waals surface area contributed by atoms with E-state index in [9.17, 15) is 0 Å². The first-order valence-corrected chi connectivity index (χ1v) is 11.4. The van der Waals surface area contributed by atoms with Crippen LogP contribution in [0.4, 0.5) is 0 Å². The van der Waals surface area contributed by atoms with Crippen molar-refractivity contribution in [1.82, 2.24) is 0 Å². The van der Waals surface area contributed by atoms with Crippen LogP contribution in [0, 0.1) is 0 Å². The molecule has 0 radical (unpaired) electrons. The molecule has 0 heterocycles. The smallest absolute Gasteiger partial charge is 0.184 e. The Morgan fingerprint density at radius 1 is 1.18 bits per heavy atom. The lowest BCUT2D eigenvalue weighted by Crippen LogP contribution is -2.40. The summed E-state index contributed by atoms with van der Waals surface area (Å²) in [6.07, 6.45) is 9.77. The standard InChI is InChI=1S/C14H29IOSi/c1-6-7-8-9-11-14(2,12-10-13-15)16-17(3,4)5/h10,13H,6-9,11-12H2,1-5H3/b13-10+. The molecule has 0 aliphatic carbocycles. The summed E-state index contributed by atoms with van der Waals surface area (Å²) in [7, 11) is -1.45. The molecule has 0 saturated heterocycles. The molecule has 0 aromatic carbocycles. The highest BCUT2D eigenvalue weighted by atomic mass is 127. The number of hydrogen-bond acceptors (Lipinski definition) is 1. The Kier molecular flexibility index (Phi) is 9.03. The van der Waals surface area contributed by atoms with Gasteiger partial charge in [-0.3, -0.25) is 0 Å². The molecule has 0 aliphatic heterocycles. The molecule has 1 atom stereocenters. The van der Waals surface area contributed by atoms with Gasteiger partial charge in [0.1, 0.15) is 0 Å². The SMILES string of the molecule is CCCCCCC(C)(C/C=C/I)O[Si](C)(C)C. The average Bonchev–Trinajstić information content (AvgIpc) is 2.19. The Morgan fingerprint density at radius 3 is 2.29 bits per heavy atom. The minimum atomic E-state index is -1.45. The molecular weight excluding hydrogens is 339 g/mol. The van der Waals surface area contributed by atoms with Crippen molar-refractivity contribution in [3.63, 3.8) is 0 Å². The summed E-state index contributed by atoms with van der Waals surface area (Å²) in [6, 6.07) is 0. The number of halogens is 1. The Hall–Kier alpha value is 0.647. The maximum atomic E-state index is 6.39. The molecule has 0 fully saturated rings. The molecule has 1 nitrogen and oxygen atoms in total. The topological polar surface area (TPSA) is 9.23 Å². The molecule has 102 valence electrons. The van der Waals surface area contributed by atoms with E-state index in [0.717, 1.165) is 6.42 Å². The van der Waals surface area contributed by atoms with Crippen LogP contribution in [-0.2, 0) is 4.43 Å². The summed E-state index contributed by atoms with van der Waals surface area (Å²) in [5, 5.41) is 0. The van der Waals surface area contributed by atoms with E-state index in [2.05, 4.69) is 66.2 Å². The van der Waals surface area contributed by atoms with E-state index < -0.39 is 8.32 Å². The molecule has 0 rings (SSSR count). The molecule has 3 heteroatoms. The van der Waals surface area contributed by atoms with Gasteiger partial charge in [-0.1, -0.05) is 61.3 Å². The zero-order valence-corrected chi connectivity index (χ0v) is 15.3. The number of unbranched alkanes of at least 4 members (excludes halogenated alkanes) is 3. The Labute approximate surface area is 123 Å². The molecule has 17 heavy (non-hydrogen) atoms. The van der Waals surface area contributed by atoms with E-state index in [1.54, 1.807) is 0 Å². The van der Waals surface area contributed by atoms with Crippen molar-refractivity contribution in [2.75, 3.05) is 0 Å². The molecule has 0 saturated carbocycles. The van der Waals surface area contributed by atoms with E-state index in [-0.39, 0.29) is 5.60 Å². The highest BCUT2D eigenvalue weighted by Gasteiger charge is 2.29. The van der Waals surface area contributed by atoms with E-state index in [1.807, 2.05) is 0 Å². The molecule has 0 amide bonds. The van der Waals surface area contributed by atoms with Gasteiger partial charge in [0.15, 0.2) is 8.32 Å². The van der Waals surface area contributed by atoms with Gasteiger partial charge >= 0.3 is 0 Å². The van der Waals surface area contributed by atoms with Crippen LogP contribution in [0.3, 0.4) is 0 Å². The fourth-order valence-corrected chi connectivity index (χ4v) is 4.07. The maximum Gasteiger partial charge on any atom is 0.184 e. The predicted octanol–water partition coefficient (Wildman–Crippen LogP) is 5.91. The molecule has 0 spiro atoms. The summed E-state index contributed by atoms with van der Waals surface area (Å²) in [6.45, 7) is 11.4. The average molecular weight is 368 g/mol. The van der Waals surface area contributed by atoms with Crippen LogP contribution in [0.25, 0.3) is 0 Å². The fourth-order valence-electron chi connectivity index (χ4n) is 2.15. The minimum Gasteiger partial charge on any atom is -0.412 e. The van der Waals surface area contributed by atoms with E-state index in [1.165, 1.54) is 32.1 Å². The summed E-state index contributed by atoms with van der Waals surface area (Å²) >= 11 is 2.29. The Balaban J connectivity index is 4.28. The quantitative estimate of drug-likeness (QED) is 0.279. The molecule has 0 aromatic rings. The van der Waals surface area contributed by atoms with Gasteiger partial charge in [0.05, 0.1) is 5.60 Å². The second kappa shape index (κ2) is 8.70. The summed E-state index contributed by atoms with van der Waals surface area (Å²) < 4.78 is 8.50. The Bertz CT molecular complexity index is 223. The largest absolute Gasteiger partial charge is 0.412 e. The van der Waals surface area contributed by atoms with Crippen molar-refractivity contribution in [3.8, 4) is 0 Å². The molecule has 0 aromatic heterocycles. The number of hydrogen-bond donors (Lipinski definition) is 0. The van der Waals surface area contributed by atoms with Gasteiger partial charge in [-0.05, 0) is 43.5 Å². The van der Waals surface area contributed by atoms with Gasteiger partial charge in [-0.2, -0.15) is 0 Å². The first-order chi connectivity index (χ1) is 7.83. The van der Waals surface area contributed by atoms with Gasteiger partial charge in [-0.25, -0.2) is 0 Å². The normalized spacial score (nSPS) is 16.4. The third-order valence-electron chi connectivity index (χ3n) is 2.75. The van der Waals surface area contributed by atoms with E-state index >= 15 is 0 Å². The molecule has 0 aliphatic rings. The Morgan fingerprint density at radius 2 is 1.82 bits per heavy atom. The monoisotopic (exact) mass is 368 g/mol. The molecule has 0 N–H and O–H groups in total. The van der Waals surface area contributed by atoms with Crippen molar-refractivity contribution in [2.24, 2.45) is 0 Å². The van der Waals surface area contributed by atoms with Crippen molar-refractivity contribution in [2.45, 2.75) is 77.6 Å². The van der Waals surface area contributed by atoms with Gasteiger partial charge in [-0.15, -0.1) is 0 Å². The second-order valence-corrected chi connectivity index (χ2v) is 11.2. The van der Waals surface area contributed by atoms with Crippen LogP contribution in [0.2, 0.25) is 19.6 Å². The van der Waals surface area contributed by atoms with Crippen LogP contribution >= 0.6 is 22.6 Å². The lowest BCUT2D eigenvalue weighted by atomic mass is 9.95. The molecule has 0 bridgehead atoms. The van der Waals surface area contributed by atoms with Gasteiger partial charge in [0, 0.05) is 0 Å². The number of rotatable bonds is 9. The van der Waals surface area contributed by atoms with Crippen LogP contribution < -0.4 is 0 Å². The van der Waals surface area contributed by atoms with Crippen LogP contribution in [0.15, 0.2) is 10.2 Å². The van der Waals surface area contributed by atoms with Gasteiger partial charge in [0.2, 0.25) is 0 Å². The third kappa shape index (κ3) is 10.3. The second-order valence-electron chi connectivity index (χ2n) is 6.04. The van der Waals surface area contributed by atoms with Crippen LogP contribution in [-0.4, -0.2) is 13.9 Å². The van der Waals surface area contributed by atoms with Gasteiger partial charge < -0.3 is 4.43 Å². The zero-order chi connectivity index (χ0) is 13.4. The first kappa shape index (κ1) is 17.6. The lowest BCUT2D eigenvalue weighted by molar-refractivity contribution is 0.0711. The fraction of sp³-hybridized carbons (Fsp3) is 0.857.